The van der Waals surface area contributed by atoms with Gasteiger partial charge in [0.1, 0.15) is 5.78 Å². The zero-order valence-electron chi connectivity index (χ0n) is 9.53. The molecule has 1 aliphatic carbocycles. The maximum Gasteiger partial charge on any atom is 0.307 e. The fraction of sp³-hybridized carbons (Fsp3) is 0.833. The molecule has 3 nitrogen and oxygen atoms in total. The van der Waals surface area contributed by atoms with Gasteiger partial charge in [0.15, 0.2) is 0 Å². The second kappa shape index (κ2) is 5.29. The molecule has 0 bridgehead atoms. The molecule has 1 aliphatic rings. The highest BCUT2D eigenvalue weighted by molar-refractivity contribution is 5.91. The first-order valence-corrected chi connectivity index (χ1v) is 5.84. The van der Waals surface area contributed by atoms with Gasteiger partial charge < -0.3 is 5.11 Å². The zero-order chi connectivity index (χ0) is 11.4. The molecule has 3 atom stereocenters. The van der Waals surface area contributed by atoms with Crippen molar-refractivity contribution in [3.05, 3.63) is 0 Å². The largest absolute Gasteiger partial charge is 0.481 e. The summed E-state index contributed by atoms with van der Waals surface area (Å²) in [5.74, 6) is -1.33. The Labute approximate surface area is 90.9 Å². The number of hydrogen-bond acceptors (Lipinski definition) is 2. The Morgan fingerprint density at radius 1 is 1.47 bits per heavy atom. The maximum atomic E-state index is 11.8. The summed E-state index contributed by atoms with van der Waals surface area (Å²) < 4.78 is 0. The van der Waals surface area contributed by atoms with E-state index in [2.05, 4.69) is 6.92 Å². The van der Waals surface area contributed by atoms with Crippen LogP contribution in [0.25, 0.3) is 0 Å². The molecule has 1 rings (SSSR count). The minimum absolute atomic E-state index is 0.0577. The Hall–Kier alpha value is -0.860. The van der Waals surface area contributed by atoms with Gasteiger partial charge in [-0.1, -0.05) is 33.1 Å². The first-order valence-electron chi connectivity index (χ1n) is 5.84. The van der Waals surface area contributed by atoms with E-state index in [0.717, 1.165) is 25.7 Å². The molecule has 0 heterocycles. The molecule has 0 aromatic heterocycles. The van der Waals surface area contributed by atoms with E-state index in [1.54, 1.807) is 0 Å². The van der Waals surface area contributed by atoms with Crippen molar-refractivity contribution in [2.45, 2.75) is 46.0 Å². The fourth-order valence-corrected chi connectivity index (χ4v) is 2.46. The number of carbonyl (C=O) groups excluding carboxylic acids is 1. The highest BCUT2D eigenvalue weighted by Crippen LogP contribution is 2.36. The van der Waals surface area contributed by atoms with Gasteiger partial charge in [0.25, 0.3) is 0 Å². The number of carboxylic acid groups (broad SMARTS) is 1. The van der Waals surface area contributed by atoms with E-state index >= 15 is 0 Å². The predicted molar refractivity (Wildman–Crippen MR) is 57.5 cm³/mol. The third-order valence-electron chi connectivity index (χ3n) is 3.38. The van der Waals surface area contributed by atoms with E-state index < -0.39 is 11.9 Å². The maximum absolute atomic E-state index is 11.8. The molecule has 15 heavy (non-hydrogen) atoms. The van der Waals surface area contributed by atoms with Crippen LogP contribution in [0.4, 0.5) is 0 Å². The summed E-state index contributed by atoms with van der Waals surface area (Å²) in [6.07, 6.45) is 4.46. The van der Waals surface area contributed by atoms with Gasteiger partial charge in [0.2, 0.25) is 0 Å². The average molecular weight is 212 g/mol. The van der Waals surface area contributed by atoms with Crippen LogP contribution in [0.5, 0.6) is 0 Å². The van der Waals surface area contributed by atoms with Gasteiger partial charge in [-0.15, -0.1) is 0 Å². The Balaban J connectivity index is 2.56. The molecule has 86 valence electrons. The van der Waals surface area contributed by atoms with Crippen LogP contribution in [-0.2, 0) is 9.59 Å². The van der Waals surface area contributed by atoms with E-state index in [0.29, 0.717) is 6.42 Å². The lowest BCUT2D eigenvalue weighted by Crippen LogP contribution is -2.22. The average Bonchev–Trinajstić information content (AvgIpc) is 2.46. The van der Waals surface area contributed by atoms with Crippen molar-refractivity contribution < 1.29 is 14.7 Å². The Morgan fingerprint density at radius 2 is 2.13 bits per heavy atom. The number of carbonyl (C=O) groups is 2. The normalized spacial score (nSPS) is 30.8. The quantitative estimate of drug-likeness (QED) is 0.712. The van der Waals surface area contributed by atoms with Crippen LogP contribution in [0.2, 0.25) is 0 Å². The van der Waals surface area contributed by atoms with Crippen molar-refractivity contribution in [2.24, 2.45) is 17.8 Å². The van der Waals surface area contributed by atoms with E-state index in [4.69, 9.17) is 5.11 Å². The SMILES string of the molecule is CCCCCC1C(=O)C(C)CC1C(=O)O. The second-order valence-corrected chi connectivity index (χ2v) is 4.59. The zero-order valence-corrected chi connectivity index (χ0v) is 9.53. The first-order chi connectivity index (χ1) is 7.07. The van der Waals surface area contributed by atoms with Crippen LogP contribution in [0.3, 0.4) is 0 Å². The van der Waals surface area contributed by atoms with Gasteiger partial charge >= 0.3 is 5.97 Å². The molecule has 0 aromatic rings. The lowest BCUT2D eigenvalue weighted by Gasteiger charge is -2.13. The van der Waals surface area contributed by atoms with Gasteiger partial charge in [0.05, 0.1) is 5.92 Å². The number of ketones is 1. The van der Waals surface area contributed by atoms with Crippen LogP contribution in [0, 0.1) is 17.8 Å². The summed E-state index contributed by atoms with van der Waals surface area (Å²) in [5, 5.41) is 9.02. The third-order valence-corrected chi connectivity index (χ3v) is 3.38. The van der Waals surface area contributed by atoms with E-state index in [9.17, 15) is 9.59 Å². The predicted octanol–water partition coefficient (Wildman–Crippen LogP) is 2.49. The lowest BCUT2D eigenvalue weighted by molar-refractivity contribution is -0.144. The number of unbranched alkanes of at least 4 members (excludes halogenated alkanes) is 2. The molecule has 3 heteroatoms. The van der Waals surface area contributed by atoms with Gasteiger partial charge in [0, 0.05) is 11.8 Å². The molecule has 0 aromatic carbocycles. The standard InChI is InChI=1S/C12H20O3/c1-3-4-5-6-9-10(12(14)15)7-8(2)11(9)13/h8-10H,3-7H2,1-2H3,(H,14,15). The smallest absolute Gasteiger partial charge is 0.307 e. The number of Topliss-reactive ketones (excluding diaryl/α,β-unsaturated/α-hetero) is 1. The van der Waals surface area contributed by atoms with Crippen LogP contribution in [0.1, 0.15) is 46.0 Å². The van der Waals surface area contributed by atoms with E-state index in [1.165, 1.54) is 0 Å². The van der Waals surface area contributed by atoms with Crippen molar-refractivity contribution in [1.29, 1.82) is 0 Å². The first kappa shape index (κ1) is 12.2. The molecule has 1 N–H and O–H groups in total. The Kier molecular flexibility index (Phi) is 4.30. The molecule has 0 radical (unpaired) electrons. The molecular formula is C12H20O3. The van der Waals surface area contributed by atoms with Crippen molar-refractivity contribution in [3.63, 3.8) is 0 Å². The van der Waals surface area contributed by atoms with Crippen LogP contribution >= 0.6 is 0 Å². The molecule has 0 spiro atoms. The van der Waals surface area contributed by atoms with Gasteiger partial charge in [-0.05, 0) is 12.8 Å². The number of hydrogen-bond donors (Lipinski definition) is 1. The number of carboxylic acids is 1. The highest BCUT2D eigenvalue weighted by atomic mass is 16.4. The van der Waals surface area contributed by atoms with Crippen LogP contribution in [-0.4, -0.2) is 16.9 Å². The molecular weight excluding hydrogens is 192 g/mol. The monoisotopic (exact) mass is 212 g/mol. The van der Waals surface area contributed by atoms with Crippen molar-refractivity contribution >= 4 is 11.8 Å². The van der Waals surface area contributed by atoms with E-state index in [1.807, 2.05) is 6.92 Å². The molecule has 3 unspecified atom stereocenters. The molecule has 1 saturated carbocycles. The Bertz CT molecular complexity index is 247. The van der Waals surface area contributed by atoms with Gasteiger partial charge in [-0.25, -0.2) is 0 Å². The lowest BCUT2D eigenvalue weighted by atomic mass is 9.90. The Morgan fingerprint density at radius 3 is 2.67 bits per heavy atom. The molecule has 0 saturated heterocycles. The number of aliphatic carboxylic acids is 1. The van der Waals surface area contributed by atoms with Crippen LogP contribution < -0.4 is 0 Å². The summed E-state index contributed by atoms with van der Waals surface area (Å²) in [6, 6.07) is 0. The summed E-state index contributed by atoms with van der Waals surface area (Å²) in [6.45, 7) is 3.95. The fourth-order valence-electron chi connectivity index (χ4n) is 2.46. The minimum Gasteiger partial charge on any atom is -0.481 e. The number of rotatable bonds is 5. The van der Waals surface area contributed by atoms with Crippen LogP contribution in [0.15, 0.2) is 0 Å². The van der Waals surface area contributed by atoms with Crippen molar-refractivity contribution in [2.75, 3.05) is 0 Å². The summed E-state index contributed by atoms with van der Waals surface area (Å²) in [4.78, 5) is 22.7. The molecule has 0 amide bonds. The van der Waals surface area contributed by atoms with Gasteiger partial charge in [-0.2, -0.15) is 0 Å². The third kappa shape index (κ3) is 2.80. The van der Waals surface area contributed by atoms with E-state index in [-0.39, 0.29) is 17.6 Å². The topological polar surface area (TPSA) is 54.4 Å². The van der Waals surface area contributed by atoms with Crippen molar-refractivity contribution in [1.82, 2.24) is 0 Å². The summed E-state index contributed by atoms with van der Waals surface area (Å²) >= 11 is 0. The van der Waals surface area contributed by atoms with Crippen molar-refractivity contribution in [3.8, 4) is 0 Å². The highest BCUT2D eigenvalue weighted by Gasteiger charge is 2.42. The summed E-state index contributed by atoms with van der Waals surface area (Å²) in [7, 11) is 0. The molecule has 0 aliphatic heterocycles. The second-order valence-electron chi connectivity index (χ2n) is 4.59. The molecule has 1 fully saturated rings. The summed E-state index contributed by atoms with van der Waals surface area (Å²) in [5.41, 5.74) is 0. The minimum atomic E-state index is -0.797. The van der Waals surface area contributed by atoms with Gasteiger partial charge in [-0.3, -0.25) is 9.59 Å².